The number of para-hydroxylation sites is 1. The van der Waals surface area contributed by atoms with E-state index in [4.69, 9.17) is 22.7 Å². The first-order valence-corrected chi connectivity index (χ1v) is 5.98. The van der Waals surface area contributed by atoms with Crippen molar-refractivity contribution in [3.63, 3.8) is 0 Å². The highest BCUT2D eigenvalue weighted by atomic mass is 32.1. The van der Waals surface area contributed by atoms with Gasteiger partial charge in [-0.25, -0.2) is 4.39 Å². The van der Waals surface area contributed by atoms with Crippen LogP contribution in [0.2, 0.25) is 0 Å². The van der Waals surface area contributed by atoms with Crippen LogP contribution in [-0.4, -0.2) is 10.1 Å². The van der Waals surface area contributed by atoms with Crippen molar-refractivity contribution in [2.24, 2.45) is 5.73 Å². The topological polar surface area (TPSA) is 55.5 Å². The van der Waals surface area contributed by atoms with Gasteiger partial charge in [0, 0.05) is 11.1 Å². The van der Waals surface area contributed by atoms with Crippen molar-refractivity contribution in [1.82, 2.24) is 0 Å². The molecule has 5 heteroatoms. The first kappa shape index (κ1) is 13.5. The maximum atomic E-state index is 13.8. The predicted octanol–water partition coefficient (Wildman–Crippen LogP) is 2.74. The van der Waals surface area contributed by atoms with Gasteiger partial charge in [-0.05, 0) is 24.3 Å². The van der Waals surface area contributed by atoms with Gasteiger partial charge in [-0.2, -0.15) is 0 Å². The molecule has 19 heavy (non-hydrogen) atoms. The number of ether oxygens (including phenoxy) is 1. The lowest BCUT2D eigenvalue weighted by Crippen LogP contribution is -2.09. The van der Waals surface area contributed by atoms with Crippen molar-refractivity contribution in [2.45, 2.75) is 6.61 Å². The summed E-state index contributed by atoms with van der Waals surface area (Å²) in [5.74, 6) is -0.0917. The average Bonchev–Trinajstić information content (AvgIpc) is 2.41. The number of hydrogen-bond acceptors (Lipinski definition) is 3. The van der Waals surface area contributed by atoms with Crippen molar-refractivity contribution >= 4 is 17.2 Å². The zero-order valence-electron chi connectivity index (χ0n) is 9.97. The monoisotopic (exact) mass is 277 g/mol. The summed E-state index contributed by atoms with van der Waals surface area (Å²) in [7, 11) is 0. The summed E-state index contributed by atoms with van der Waals surface area (Å²) in [4.78, 5) is 0.126. The number of nitrogens with two attached hydrogens (primary N) is 1. The summed E-state index contributed by atoms with van der Waals surface area (Å²) < 4.78 is 19.3. The van der Waals surface area contributed by atoms with Crippen molar-refractivity contribution in [2.75, 3.05) is 0 Å². The molecule has 98 valence electrons. The number of benzene rings is 2. The Hall–Kier alpha value is -1.98. The van der Waals surface area contributed by atoms with E-state index < -0.39 is 5.82 Å². The first-order valence-electron chi connectivity index (χ1n) is 5.58. The number of rotatable bonds is 4. The second-order valence-corrected chi connectivity index (χ2v) is 4.32. The highest BCUT2D eigenvalue weighted by Crippen LogP contribution is 2.28. The molecule has 2 aromatic carbocycles. The van der Waals surface area contributed by atoms with Gasteiger partial charge in [0.2, 0.25) is 0 Å². The van der Waals surface area contributed by atoms with Gasteiger partial charge in [0.05, 0.1) is 6.61 Å². The molecule has 0 saturated carbocycles. The third-order valence-corrected chi connectivity index (χ3v) is 2.81. The fourth-order valence-corrected chi connectivity index (χ4v) is 1.72. The smallest absolute Gasteiger partial charge is 0.166 e. The molecule has 0 fully saturated rings. The predicted molar refractivity (Wildman–Crippen MR) is 74.7 cm³/mol. The minimum Gasteiger partial charge on any atom is -0.454 e. The molecule has 0 heterocycles. The minimum atomic E-state index is -0.557. The van der Waals surface area contributed by atoms with Crippen molar-refractivity contribution in [1.29, 1.82) is 0 Å². The fraction of sp³-hybridized carbons (Fsp3) is 0.0714. The van der Waals surface area contributed by atoms with Crippen LogP contribution in [0.15, 0.2) is 42.5 Å². The van der Waals surface area contributed by atoms with E-state index in [0.29, 0.717) is 16.9 Å². The molecule has 0 atom stereocenters. The fourth-order valence-electron chi connectivity index (χ4n) is 1.59. The molecule has 0 unspecified atom stereocenters. The average molecular weight is 277 g/mol. The van der Waals surface area contributed by atoms with Crippen LogP contribution in [0, 0.1) is 5.82 Å². The summed E-state index contributed by atoms with van der Waals surface area (Å²) in [6.45, 7) is -0.178. The molecule has 0 aromatic heterocycles. The second-order valence-electron chi connectivity index (χ2n) is 3.88. The molecule has 2 rings (SSSR count). The molecule has 0 aliphatic rings. The van der Waals surface area contributed by atoms with Gasteiger partial charge < -0.3 is 15.6 Å². The third-order valence-electron chi connectivity index (χ3n) is 2.58. The maximum Gasteiger partial charge on any atom is 0.166 e. The standard InChI is InChI=1S/C14H12FNO2S/c15-11-7-9(14(16)19)5-6-13(11)18-12-4-2-1-3-10(12)8-17/h1-7,17H,8H2,(H2,16,19). The molecule has 2 aromatic rings. The highest BCUT2D eigenvalue weighted by molar-refractivity contribution is 7.80. The van der Waals surface area contributed by atoms with Crippen molar-refractivity contribution in [3.8, 4) is 11.5 Å². The van der Waals surface area contributed by atoms with Gasteiger partial charge in [-0.15, -0.1) is 0 Å². The van der Waals surface area contributed by atoms with Gasteiger partial charge >= 0.3 is 0 Å². The van der Waals surface area contributed by atoms with Crippen LogP contribution >= 0.6 is 12.2 Å². The molecule has 0 bridgehead atoms. The van der Waals surface area contributed by atoms with Crippen LogP contribution in [0.1, 0.15) is 11.1 Å². The Labute approximate surface area is 115 Å². The van der Waals surface area contributed by atoms with E-state index in [0.717, 1.165) is 0 Å². The van der Waals surface area contributed by atoms with Crippen LogP contribution in [0.5, 0.6) is 11.5 Å². The van der Waals surface area contributed by atoms with Crippen LogP contribution in [0.25, 0.3) is 0 Å². The van der Waals surface area contributed by atoms with Gasteiger partial charge in [0.15, 0.2) is 11.6 Å². The summed E-state index contributed by atoms with van der Waals surface area (Å²) in [6, 6.07) is 11.1. The van der Waals surface area contributed by atoms with Gasteiger partial charge in [0.25, 0.3) is 0 Å². The van der Waals surface area contributed by atoms with Crippen LogP contribution < -0.4 is 10.5 Å². The van der Waals surface area contributed by atoms with E-state index >= 15 is 0 Å². The first-order chi connectivity index (χ1) is 9.11. The normalized spacial score (nSPS) is 10.2. The molecule has 0 radical (unpaired) electrons. The lowest BCUT2D eigenvalue weighted by molar-refractivity contribution is 0.276. The minimum absolute atomic E-state index is 0.0564. The molecule has 0 saturated heterocycles. The van der Waals surface area contributed by atoms with Gasteiger partial charge in [-0.1, -0.05) is 30.4 Å². The Kier molecular flexibility index (Phi) is 4.09. The Morgan fingerprint density at radius 3 is 2.58 bits per heavy atom. The second kappa shape index (κ2) is 5.77. The highest BCUT2D eigenvalue weighted by Gasteiger charge is 2.09. The molecule has 3 nitrogen and oxygen atoms in total. The number of aliphatic hydroxyl groups is 1. The lowest BCUT2D eigenvalue weighted by atomic mass is 10.2. The Morgan fingerprint density at radius 1 is 1.21 bits per heavy atom. The Balaban J connectivity index is 2.31. The lowest BCUT2D eigenvalue weighted by Gasteiger charge is -2.10. The summed E-state index contributed by atoms with van der Waals surface area (Å²) in [5, 5.41) is 9.18. The number of halogens is 1. The van der Waals surface area contributed by atoms with Crippen LogP contribution in [-0.2, 0) is 6.61 Å². The van der Waals surface area contributed by atoms with Crippen LogP contribution in [0.4, 0.5) is 4.39 Å². The largest absolute Gasteiger partial charge is 0.454 e. The van der Waals surface area contributed by atoms with E-state index in [1.54, 1.807) is 30.3 Å². The summed E-state index contributed by atoms with van der Waals surface area (Å²) in [5.41, 5.74) is 6.45. The van der Waals surface area contributed by atoms with Gasteiger partial charge in [-0.3, -0.25) is 0 Å². The maximum absolute atomic E-state index is 13.8. The zero-order valence-corrected chi connectivity index (χ0v) is 10.8. The SMILES string of the molecule is NC(=S)c1ccc(Oc2ccccc2CO)c(F)c1. The summed E-state index contributed by atoms with van der Waals surface area (Å²) >= 11 is 4.77. The van der Waals surface area contributed by atoms with Crippen LogP contribution in [0.3, 0.4) is 0 Å². The van der Waals surface area contributed by atoms with E-state index in [9.17, 15) is 9.50 Å². The molecular formula is C14H12FNO2S. The molecule has 0 amide bonds. The van der Waals surface area contributed by atoms with Crippen molar-refractivity contribution < 1.29 is 14.2 Å². The Bertz CT molecular complexity index is 616. The van der Waals surface area contributed by atoms with E-state index in [1.165, 1.54) is 12.1 Å². The molecule has 0 aliphatic carbocycles. The van der Waals surface area contributed by atoms with E-state index in [2.05, 4.69) is 0 Å². The zero-order chi connectivity index (χ0) is 13.8. The summed E-state index contributed by atoms with van der Waals surface area (Å²) in [6.07, 6.45) is 0. The van der Waals surface area contributed by atoms with Gasteiger partial charge in [0.1, 0.15) is 10.7 Å². The number of hydrogen-bond donors (Lipinski definition) is 2. The Morgan fingerprint density at radius 2 is 1.95 bits per heavy atom. The third kappa shape index (κ3) is 3.07. The van der Waals surface area contributed by atoms with E-state index in [1.807, 2.05) is 0 Å². The molecule has 0 spiro atoms. The number of thiocarbonyl (C=S) groups is 1. The van der Waals surface area contributed by atoms with E-state index in [-0.39, 0.29) is 17.3 Å². The number of aliphatic hydroxyl groups excluding tert-OH is 1. The molecule has 3 N–H and O–H groups in total. The van der Waals surface area contributed by atoms with Crippen molar-refractivity contribution in [3.05, 3.63) is 59.4 Å². The molecule has 0 aliphatic heterocycles. The quantitative estimate of drug-likeness (QED) is 0.844. The molecular weight excluding hydrogens is 265 g/mol.